The highest BCUT2D eigenvalue weighted by atomic mass is 79.9. The molecule has 2 atom stereocenters. The van der Waals surface area contributed by atoms with E-state index in [0.717, 1.165) is 18.6 Å². The summed E-state index contributed by atoms with van der Waals surface area (Å²) in [6.07, 6.45) is 1.35. The topological polar surface area (TPSA) is 21.3 Å². The van der Waals surface area contributed by atoms with Gasteiger partial charge in [-0.1, -0.05) is 26.0 Å². The molecule has 0 saturated heterocycles. The lowest BCUT2D eigenvalue weighted by atomic mass is 9.64. The zero-order valence-electron chi connectivity index (χ0n) is 11.7. The van der Waals surface area contributed by atoms with Crippen LogP contribution in [0.15, 0.2) is 22.7 Å². The normalized spacial score (nSPS) is 25.1. The summed E-state index contributed by atoms with van der Waals surface area (Å²) < 4.78 is 19.7. The Morgan fingerprint density at radius 1 is 1.47 bits per heavy atom. The molecule has 0 amide bonds. The van der Waals surface area contributed by atoms with E-state index in [9.17, 15) is 4.39 Å². The maximum Gasteiger partial charge on any atom is 0.137 e. The number of ether oxygens (including phenoxy) is 1. The SMILES string of the molecule is CCOC1CC(NCc2cccc(F)c2Br)C1(C)C. The van der Waals surface area contributed by atoms with Crippen molar-refractivity contribution in [2.24, 2.45) is 5.41 Å². The van der Waals surface area contributed by atoms with E-state index in [0.29, 0.717) is 23.2 Å². The number of halogens is 2. The van der Waals surface area contributed by atoms with E-state index in [1.54, 1.807) is 6.07 Å². The van der Waals surface area contributed by atoms with Crippen molar-refractivity contribution in [3.63, 3.8) is 0 Å². The second-order valence-electron chi connectivity index (χ2n) is 5.65. The Morgan fingerprint density at radius 2 is 2.21 bits per heavy atom. The summed E-state index contributed by atoms with van der Waals surface area (Å²) in [5.74, 6) is -0.209. The van der Waals surface area contributed by atoms with Crippen molar-refractivity contribution in [1.82, 2.24) is 5.32 Å². The predicted octanol–water partition coefficient (Wildman–Crippen LogP) is 3.88. The van der Waals surface area contributed by atoms with Gasteiger partial charge in [0.25, 0.3) is 0 Å². The summed E-state index contributed by atoms with van der Waals surface area (Å²) in [4.78, 5) is 0. The van der Waals surface area contributed by atoms with Gasteiger partial charge in [0.1, 0.15) is 5.82 Å². The Balaban J connectivity index is 1.92. The molecule has 2 nitrogen and oxygen atoms in total. The molecule has 1 aromatic rings. The molecule has 1 aromatic carbocycles. The molecule has 1 aliphatic rings. The van der Waals surface area contributed by atoms with Gasteiger partial charge in [-0.15, -0.1) is 0 Å². The van der Waals surface area contributed by atoms with E-state index in [-0.39, 0.29) is 11.2 Å². The van der Waals surface area contributed by atoms with Crippen LogP contribution in [0.3, 0.4) is 0 Å². The first kappa shape index (κ1) is 14.9. The number of hydrogen-bond acceptors (Lipinski definition) is 2. The van der Waals surface area contributed by atoms with E-state index in [1.165, 1.54) is 6.07 Å². The average molecular weight is 330 g/mol. The Kier molecular flexibility index (Phi) is 4.64. The highest BCUT2D eigenvalue weighted by Gasteiger charge is 2.48. The third-order valence-electron chi connectivity index (χ3n) is 4.12. The van der Waals surface area contributed by atoms with Crippen LogP contribution in [0.25, 0.3) is 0 Å². The van der Waals surface area contributed by atoms with Crippen molar-refractivity contribution >= 4 is 15.9 Å². The van der Waals surface area contributed by atoms with Gasteiger partial charge in [-0.05, 0) is 40.9 Å². The first-order chi connectivity index (χ1) is 8.96. The fourth-order valence-electron chi connectivity index (χ4n) is 2.63. The van der Waals surface area contributed by atoms with E-state index in [4.69, 9.17) is 4.74 Å². The average Bonchev–Trinajstić information content (AvgIpc) is 2.37. The largest absolute Gasteiger partial charge is 0.378 e. The number of hydrogen-bond donors (Lipinski definition) is 1. The third-order valence-corrected chi connectivity index (χ3v) is 5.00. The van der Waals surface area contributed by atoms with Crippen LogP contribution in [0.2, 0.25) is 0 Å². The highest BCUT2D eigenvalue weighted by molar-refractivity contribution is 9.10. The Morgan fingerprint density at radius 3 is 2.84 bits per heavy atom. The van der Waals surface area contributed by atoms with Gasteiger partial charge in [-0.2, -0.15) is 0 Å². The van der Waals surface area contributed by atoms with Crippen LogP contribution in [0.1, 0.15) is 32.8 Å². The molecule has 0 heterocycles. The third kappa shape index (κ3) is 3.01. The van der Waals surface area contributed by atoms with Crippen LogP contribution < -0.4 is 5.32 Å². The molecule has 1 fully saturated rings. The molecule has 1 N–H and O–H groups in total. The number of nitrogens with one attached hydrogen (secondary N) is 1. The molecule has 2 rings (SSSR count). The first-order valence-corrected chi connectivity index (χ1v) is 7.54. The molecule has 1 aliphatic carbocycles. The van der Waals surface area contributed by atoms with Gasteiger partial charge in [0.15, 0.2) is 0 Å². The van der Waals surface area contributed by atoms with E-state index >= 15 is 0 Å². The van der Waals surface area contributed by atoms with E-state index < -0.39 is 0 Å². The first-order valence-electron chi connectivity index (χ1n) is 6.74. The molecule has 19 heavy (non-hydrogen) atoms. The molecule has 2 unspecified atom stereocenters. The minimum atomic E-state index is -0.209. The minimum Gasteiger partial charge on any atom is -0.378 e. The molecule has 0 aliphatic heterocycles. The Bertz CT molecular complexity index is 450. The van der Waals surface area contributed by atoms with E-state index in [1.807, 2.05) is 13.0 Å². The van der Waals surface area contributed by atoms with Crippen molar-refractivity contribution < 1.29 is 9.13 Å². The van der Waals surface area contributed by atoms with Crippen molar-refractivity contribution in [3.8, 4) is 0 Å². The fraction of sp³-hybridized carbons (Fsp3) is 0.600. The second-order valence-corrected chi connectivity index (χ2v) is 6.44. The van der Waals surface area contributed by atoms with Crippen LogP contribution in [-0.4, -0.2) is 18.8 Å². The number of rotatable bonds is 5. The van der Waals surface area contributed by atoms with Crippen molar-refractivity contribution in [3.05, 3.63) is 34.1 Å². The maximum absolute atomic E-state index is 13.4. The monoisotopic (exact) mass is 329 g/mol. The molecule has 1 saturated carbocycles. The Hall–Kier alpha value is -0.450. The Labute approximate surface area is 122 Å². The summed E-state index contributed by atoms with van der Waals surface area (Å²) >= 11 is 3.30. The van der Waals surface area contributed by atoms with Crippen LogP contribution in [0.4, 0.5) is 4.39 Å². The van der Waals surface area contributed by atoms with Crippen molar-refractivity contribution in [2.75, 3.05) is 6.61 Å². The van der Waals surface area contributed by atoms with Gasteiger partial charge in [0, 0.05) is 24.6 Å². The van der Waals surface area contributed by atoms with Crippen LogP contribution in [0, 0.1) is 11.2 Å². The van der Waals surface area contributed by atoms with Crippen LogP contribution >= 0.6 is 15.9 Å². The predicted molar refractivity (Wildman–Crippen MR) is 78.5 cm³/mol. The van der Waals surface area contributed by atoms with Gasteiger partial charge in [0.05, 0.1) is 10.6 Å². The summed E-state index contributed by atoms with van der Waals surface area (Å²) in [6, 6.07) is 5.56. The van der Waals surface area contributed by atoms with Crippen molar-refractivity contribution in [1.29, 1.82) is 0 Å². The van der Waals surface area contributed by atoms with Crippen molar-refractivity contribution in [2.45, 2.75) is 45.9 Å². The lowest BCUT2D eigenvalue weighted by Crippen LogP contribution is -2.60. The van der Waals surface area contributed by atoms with Gasteiger partial charge in [-0.3, -0.25) is 0 Å². The van der Waals surface area contributed by atoms with Gasteiger partial charge in [-0.25, -0.2) is 4.39 Å². The summed E-state index contributed by atoms with van der Waals surface area (Å²) in [5.41, 5.74) is 1.09. The second kappa shape index (κ2) is 5.90. The summed E-state index contributed by atoms with van der Waals surface area (Å²) in [7, 11) is 0. The number of benzene rings is 1. The zero-order chi connectivity index (χ0) is 14.0. The summed E-state index contributed by atoms with van der Waals surface area (Å²) in [5, 5.41) is 3.51. The van der Waals surface area contributed by atoms with Gasteiger partial charge < -0.3 is 10.1 Å². The molecular formula is C15H21BrFNO. The summed E-state index contributed by atoms with van der Waals surface area (Å²) in [6.45, 7) is 7.90. The van der Waals surface area contributed by atoms with Crippen LogP contribution in [-0.2, 0) is 11.3 Å². The molecular weight excluding hydrogens is 309 g/mol. The lowest BCUT2D eigenvalue weighted by Gasteiger charge is -2.52. The maximum atomic E-state index is 13.4. The molecule has 0 spiro atoms. The smallest absolute Gasteiger partial charge is 0.137 e. The molecule has 0 aromatic heterocycles. The lowest BCUT2D eigenvalue weighted by molar-refractivity contribution is -0.114. The molecule has 4 heteroatoms. The highest BCUT2D eigenvalue weighted by Crippen LogP contribution is 2.42. The van der Waals surface area contributed by atoms with E-state index in [2.05, 4.69) is 35.1 Å². The molecule has 0 bridgehead atoms. The minimum absolute atomic E-state index is 0.135. The quantitative estimate of drug-likeness (QED) is 0.885. The van der Waals surface area contributed by atoms with Gasteiger partial charge >= 0.3 is 0 Å². The van der Waals surface area contributed by atoms with Crippen LogP contribution in [0.5, 0.6) is 0 Å². The van der Waals surface area contributed by atoms with Gasteiger partial charge in [0.2, 0.25) is 0 Å². The zero-order valence-corrected chi connectivity index (χ0v) is 13.3. The molecule has 106 valence electrons. The fourth-order valence-corrected chi connectivity index (χ4v) is 3.04. The standard InChI is InChI=1S/C15H21BrFNO/c1-4-19-13-8-12(15(13,2)3)18-9-10-6-5-7-11(17)14(10)16/h5-7,12-13,18H,4,8-9H2,1-3H3. The molecule has 0 radical (unpaired) electrons.